The number of rotatable bonds is 8. The van der Waals surface area contributed by atoms with Crippen LogP contribution < -0.4 is 11.1 Å². The van der Waals surface area contributed by atoms with Crippen LogP contribution in [0.4, 0.5) is 5.00 Å². The van der Waals surface area contributed by atoms with Crippen molar-refractivity contribution < 1.29 is 18.0 Å². The Bertz CT molecular complexity index is 1450. The molecule has 1 aliphatic carbocycles. The number of nitrogens with one attached hydrogen (secondary N) is 1. The Balaban J connectivity index is 1.30. The molecule has 206 valence electrons. The van der Waals surface area contributed by atoms with E-state index < -0.39 is 21.8 Å². The predicted molar refractivity (Wildman–Crippen MR) is 153 cm³/mol. The molecule has 0 saturated heterocycles. The summed E-state index contributed by atoms with van der Waals surface area (Å²) in [6, 6.07) is 16.2. The Morgan fingerprint density at radius 2 is 1.74 bits per heavy atom. The van der Waals surface area contributed by atoms with Crippen LogP contribution >= 0.6 is 11.3 Å². The molecule has 1 saturated carbocycles. The fraction of sp³-hybridized carbons (Fsp3) is 0.379. The van der Waals surface area contributed by atoms with Gasteiger partial charge in [-0.3, -0.25) is 14.5 Å². The van der Waals surface area contributed by atoms with Gasteiger partial charge in [0.05, 0.1) is 10.5 Å². The second-order valence-electron chi connectivity index (χ2n) is 10.3. The molecular formula is C29H34N4O4S2. The minimum atomic E-state index is -3.65. The maximum Gasteiger partial charge on any atom is 0.256 e. The van der Waals surface area contributed by atoms with Crippen LogP contribution in [0.15, 0.2) is 59.5 Å². The lowest BCUT2D eigenvalue weighted by atomic mass is 9.96. The largest absolute Gasteiger partial charge is 0.365 e. The van der Waals surface area contributed by atoms with Gasteiger partial charge >= 0.3 is 0 Å². The normalized spacial score (nSPS) is 16.7. The van der Waals surface area contributed by atoms with E-state index in [1.165, 1.54) is 45.5 Å². The molecule has 0 spiro atoms. The summed E-state index contributed by atoms with van der Waals surface area (Å²) in [5.74, 6) is -0.978. The number of amides is 2. The topological polar surface area (TPSA) is 113 Å². The summed E-state index contributed by atoms with van der Waals surface area (Å²) in [6.07, 6.45) is 5.63. The average molecular weight is 567 g/mol. The maximum absolute atomic E-state index is 13.1. The molecule has 0 bridgehead atoms. The van der Waals surface area contributed by atoms with Crippen LogP contribution in [0.2, 0.25) is 0 Å². The number of sulfonamides is 1. The molecular weight excluding hydrogens is 532 g/mol. The Morgan fingerprint density at radius 1 is 1.05 bits per heavy atom. The number of primary amides is 1. The number of anilines is 1. The summed E-state index contributed by atoms with van der Waals surface area (Å²) in [4.78, 5) is 29.0. The highest BCUT2D eigenvalue weighted by Crippen LogP contribution is 2.37. The highest BCUT2D eigenvalue weighted by atomic mass is 32.2. The molecule has 3 aromatic rings. The highest BCUT2D eigenvalue weighted by molar-refractivity contribution is 7.89. The predicted octanol–water partition coefficient (Wildman–Crippen LogP) is 4.61. The molecule has 2 aliphatic rings. The number of nitrogens with zero attached hydrogens (tertiary/aromatic N) is 2. The molecule has 0 atom stereocenters. The maximum atomic E-state index is 13.1. The Morgan fingerprint density at radius 3 is 2.41 bits per heavy atom. The number of carbonyl (C=O) groups is 2. The van der Waals surface area contributed by atoms with Crippen LogP contribution in [0.3, 0.4) is 0 Å². The number of nitrogens with two attached hydrogens (primary N) is 1. The van der Waals surface area contributed by atoms with Gasteiger partial charge in [0.1, 0.15) is 5.00 Å². The first-order chi connectivity index (χ1) is 18.7. The van der Waals surface area contributed by atoms with Gasteiger partial charge < -0.3 is 11.1 Å². The molecule has 3 N–H and O–H groups in total. The van der Waals surface area contributed by atoms with Crippen LogP contribution in [0, 0.1) is 0 Å². The second kappa shape index (κ2) is 11.6. The van der Waals surface area contributed by atoms with Gasteiger partial charge in [0.25, 0.3) is 11.8 Å². The fourth-order valence-corrected chi connectivity index (χ4v) is 8.25. The van der Waals surface area contributed by atoms with Gasteiger partial charge in [0.15, 0.2) is 0 Å². The molecule has 5 rings (SSSR count). The summed E-state index contributed by atoms with van der Waals surface area (Å²) in [6.45, 7) is 2.26. The van der Waals surface area contributed by atoms with Gasteiger partial charge in [0, 0.05) is 43.2 Å². The second-order valence-corrected chi connectivity index (χ2v) is 13.4. The quantitative estimate of drug-likeness (QED) is 0.414. The third-order valence-electron chi connectivity index (χ3n) is 7.74. The van der Waals surface area contributed by atoms with Crippen LogP contribution in [0.25, 0.3) is 0 Å². The van der Waals surface area contributed by atoms with Crippen molar-refractivity contribution in [1.82, 2.24) is 9.21 Å². The molecule has 10 heteroatoms. The summed E-state index contributed by atoms with van der Waals surface area (Å²) in [7, 11) is -2.01. The van der Waals surface area contributed by atoms with E-state index in [-0.39, 0.29) is 10.9 Å². The number of thiophene rings is 1. The first-order valence-electron chi connectivity index (χ1n) is 13.3. The molecule has 0 unspecified atom stereocenters. The van der Waals surface area contributed by atoms with Crippen molar-refractivity contribution in [1.29, 1.82) is 0 Å². The third-order valence-corrected chi connectivity index (χ3v) is 10.8. The van der Waals surface area contributed by atoms with E-state index in [9.17, 15) is 18.0 Å². The first-order valence-corrected chi connectivity index (χ1v) is 15.6. The molecule has 1 aliphatic heterocycles. The summed E-state index contributed by atoms with van der Waals surface area (Å²) >= 11 is 1.38. The van der Waals surface area contributed by atoms with E-state index in [1.54, 1.807) is 7.05 Å². The monoisotopic (exact) mass is 566 g/mol. The Hall–Kier alpha value is -3.05. The fourth-order valence-electron chi connectivity index (χ4n) is 5.54. The Labute approximate surface area is 233 Å². The zero-order valence-corrected chi connectivity index (χ0v) is 23.7. The number of hydrogen-bond donors (Lipinski definition) is 2. The smallest absolute Gasteiger partial charge is 0.256 e. The lowest BCUT2D eigenvalue weighted by molar-refractivity contribution is 0.0999. The van der Waals surface area contributed by atoms with E-state index in [0.29, 0.717) is 29.1 Å². The number of carbonyl (C=O) groups excluding carboxylic acids is 2. The minimum absolute atomic E-state index is 0.00687. The molecule has 39 heavy (non-hydrogen) atoms. The van der Waals surface area contributed by atoms with Crippen molar-refractivity contribution in [2.24, 2.45) is 5.73 Å². The van der Waals surface area contributed by atoms with E-state index in [0.717, 1.165) is 55.6 Å². The molecule has 2 amide bonds. The third kappa shape index (κ3) is 5.94. The van der Waals surface area contributed by atoms with Crippen molar-refractivity contribution in [3.63, 3.8) is 0 Å². The van der Waals surface area contributed by atoms with Gasteiger partial charge in [-0.2, -0.15) is 4.31 Å². The molecule has 1 aromatic heterocycles. The molecule has 2 heterocycles. The van der Waals surface area contributed by atoms with E-state index >= 15 is 0 Å². The minimum Gasteiger partial charge on any atom is -0.365 e. The van der Waals surface area contributed by atoms with Gasteiger partial charge in [0.2, 0.25) is 10.0 Å². The Kier molecular flexibility index (Phi) is 8.18. The molecule has 8 nitrogen and oxygen atoms in total. The zero-order chi connectivity index (χ0) is 27.6. The first kappa shape index (κ1) is 27.5. The van der Waals surface area contributed by atoms with Crippen LogP contribution in [-0.2, 0) is 29.5 Å². The lowest BCUT2D eigenvalue weighted by Gasteiger charge is -2.30. The van der Waals surface area contributed by atoms with Crippen molar-refractivity contribution in [2.45, 2.75) is 62.6 Å². The van der Waals surface area contributed by atoms with Crippen molar-refractivity contribution in [3.05, 3.63) is 81.7 Å². The standard InChI is InChI=1S/C29H34N4O4S2/c1-32(22-10-6-3-7-11-22)39(36,37)23-14-12-21(13-15-23)28(35)31-29-26(27(30)34)24-16-17-33(19-25(24)38-29)18-20-8-4-2-5-9-20/h2,4-5,8-9,12-15,22H,3,6-7,10-11,16-19H2,1H3,(H2,30,34)(H,31,35). The van der Waals surface area contributed by atoms with Crippen molar-refractivity contribution in [3.8, 4) is 0 Å². The number of benzene rings is 2. The number of hydrogen-bond acceptors (Lipinski definition) is 6. The summed E-state index contributed by atoms with van der Waals surface area (Å²) in [5, 5.41) is 3.30. The van der Waals surface area contributed by atoms with Crippen LogP contribution in [0.1, 0.15) is 68.8 Å². The average Bonchev–Trinajstić information content (AvgIpc) is 3.31. The van der Waals surface area contributed by atoms with Gasteiger partial charge in [-0.1, -0.05) is 49.6 Å². The zero-order valence-electron chi connectivity index (χ0n) is 22.1. The van der Waals surface area contributed by atoms with E-state index in [2.05, 4.69) is 22.3 Å². The van der Waals surface area contributed by atoms with Gasteiger partial charge in [-0.05, 0) is 54.7 Å². The van der Waals surface area contributed by atoms with Gasteiger partial charge in [-0.15, -0.1) is 11.3 Å². The highest BCUT2D eigenvalue weighted by Gasteiger charge is 2.30. The summed E-state index contributed by atoms with van der Waals surface area (Å²) < 4.78 is 27.8. The van der Waals surface area contributed by atoms with Gasteiger partial charge in [-0.25, -0.2) is 8.42 Å². The summed E-state index contributed by atoms with van der Waals surface area (Å²) in [5.41, 5.74) is 8.54. The molecule has 1 fully saturated rings. The van der Waals surface area contributed by atoms with E-state index in [4.69, 9.17) is 5.73 Å². The SMILES string of the molecule is CN(C1CCCCC1)S(=O)(=O)c1ccc(C(=O)Nc2sc3c(c2C(N)=O)CCN(Cc2ccccc2)C3)cc1. The lowest BCUT2D eigenvalue weighted by Crippen LogP contribution is -2.38. The van der Waals surface area contributed by atoms with Crippen LogP contribution in [-0.4, -0.2) is 49.1 Å². The van der Waals surface area contributed by atoms with Crippen molar-refractivity contribution in [2.75, 3.05) is 18.9 Å². The van der Waals surface area contributed by atoms with Crippen molar-refractivity contribution >= 4 is 38.2 Å². The molecule has 2 aromatic carbocycles. The number of fused-ring (bicyclic) bond motifs is 1. The van der Waals surface area contributed by atoms with Crippen LogP contribution in [0.5, 0.6) is 0 Å². The molecule has 0 radical (unpaired) electrons. The van der Waals surface area contributed by atoms with E-state index in [1.807, 2.05) is 18.2 Å².